The Hall–Kier alpha value is -2.15. The SMILES string of the molecule is C=CCn1cc(-c2ccccc2)c2c1CCN(C([CH2-])=O)C2.[U+2].[c-]1ccccc1. The van der Waals surface area contributed by atoms with Crippen LogP contribution in [0.2, 0.25) is 0 Å². The van der Waals surface area contributed by atoms with Crippen LogP contribution in [-0.4, -0.2) is 21.9 Å². The maximum atomic E-state index is 11.6. The molecule has 0 saturated carbocycles. The maximum absolute atomic E-state index is 11.6. The molecule has 0 fully saturated rings. The van der Waals surface area contributed by atoms with Gasteiger partial charge in [0, 0.05) is 49.1 Å². The summed E-state index contributed by atoms with van der Waals surface area (Å²) in [6, 6.07) is 22.8. The number of rotatable bonds is 3. The number of carbonyl (C=O) groups excluding carboxylic acids is 1. The first-order chi connectivity index (χ1) is 13.2. The molecule has 0 saturated heterocycles. The quantitative estimate of drug-likeness (QED) is 0.323. The Balaban J connectivity index is 0.000000344. The second-order valence-corrected chi connectivity index (χ2v) is 6.42. The number of fused-ring (bicyclic) bond motifs is 1. The van der Waals surface area contributed by atoms with Crippen molar-refractivity contribution in [3.8, 4) is 11.1 Å². The average molecular weight is 594 g/mol. The van der Waals surface area contributed by atoms with Crippen LogP contribution in [0.25, 0.3) is 11.1 Å². The molecule has 28 heavy (non-hydrogen) atoms. The van der Waals surface area contributed by atoms with Crippen molar-refractivity contribution in [1.29, 1.82) is 0 Å². The molecule has 4 rings (SSSR count). The number of nitrogens with zero attached hydrogens (tertiary/aromatic N) is 2. The first-order valence-corrected chi connectivity index (χ1v) is 9.10. The van der Waals surface area contributed by atoms with Gasteiger partial charge in [-0.25, -0.2) is 0 Å². The Morgan fingerprint density at radius 1 is 1.14 bits per heavy atom. The molecule has 2 heterocycles. The van der Waals surface area contributed by atoms with Crippen molar-refractivity contribution in [3.63, 3.8) is 0 Å². The van der Waals surface area contributed by atoms with Gasteiger partial charge in [-0.3, -0.25) is 0 Å². The van der Waals surface area contributed by atoms with Crippen LogP contribution in [0.15, 0.2) is 79.5 Å². The Labute approximate surface area is 191 Å². The standard InChI is InChI=1S/C18H19N2O.C6H5.U/c1-3-10-20-12-16(15-7-5-4-6-8-15)17-13-19(14(2)21)11-9-18(17)20;1-2-4-6-5-3-1;/h3-8,12H,1-2,9-11,13H2;1-5H;/q2*-1;+2. The topological polar surface area (TPSA) is 25.2 Å². The largest absolute Gasteiger partial charge is 2.00 e. The minimum absolute atomic E-state index is 0. The molecule has 1 aliphatic heterocycles. The fraction of sp³-hybridized carbons (Fsp3) is 0.167. The summed E-state index contributed by atoms with van der Waals surface area (Å²) in [6.45, 7) is 9.56. The Morgan fingerprint density at radius 2 is 1.82 bits per heavy atom. The van der Waals surface area contributed by atoms with E-state index in [9.17, 15) is 4.79 Å². The summed E-state index contributed by atoms with van der Waals surface area (Å²) >= 11 is 0. The molecule has 0 aliphatic carbocycles. The van der Waals surface area contributed by atoms with Crippen LogP contribution in [0.4, 0.5) is 0 Å². The maximum Gasteiger partial charge on any atom is 2.00 e. The van der Waals surface area contributed by atoms with Crippen LogP contribution in [0.1, 0.15) is 11.3 Å². The summed E-state index contributed by atoms with van der Waals surface area (Å²) in [6.07, 6.45) is 4.96. The third-order valence-electron chi connectivity index (χ3n) is 4.64. The Kier molecular flexibility index (Phi) is 8.70. The van der Waals surface area contributed by atoms with Crippen molar-refractivity contribution in [2.75, 3.05) is 6.54 Å². The number of hydrogen-bond donors (Lipinski definition) is 0. The van der Waals surface area contributed by atoms with Crippen LogP contribution in [-0.2, 0) is 24.3 Å². The van der Waals surface area contributed by atoms with Gasteiger partial charge in [-0.1, -0.05) is 36.4 Å². The van der Waals surface area contributed by atoms with E-state index >= 15 is 0 Å². The first-order valence-electron chi connectivity index (χ1n) is 9.10. The molecule has 0 radical (unpaired) electrons. The molecule has 0 spiro atoms. The van der Waals surface area contributed by atoms with Gasteiger partial charge in [0.15, 0.2) is 0 Å². The molecular formula is C24H24N2OU. The molecule has 0 unspecified atom stereocenters. The van der Waals surface area contributed by atoms with Gasteiger partial charge in [-0.2, -0.15) is 36.4 Å². The smallest absolute Gasteiger partial charge is 0.363 e. The first kappa shape index (κ1) is 22.1. The normalized spacial score (nSPS) is 12.1. The van der Waals surface area contributed by atoms with Crippen molar-refractivity contribution in [3.05, 3.63) is 104 Å². The summed E-state index contributed by atoms with van der Waals surface area (Å²) in [5.41, 5.74) is 4.95. The number of hydrogen-bond acceptors (Lipinski definition) is 1. The second kappa shape index (κ2) is 11.0. The van der Waals surface area contributed by atoms with Crippen LogP contribution < -0.4 is 0 Å². The summed E-state index contributed by atoms with van der Waals surface area (Å²) in [7, 11) is 0. The van der Waals surface area contributed by atoms with E-state index in [0.29, 0.717) is 6.54 Å². The van der Waals surface area contributed by atoms with Crippen molar-refractivity contribution in [2.45, 2.75) is 19.5 Å². The zero-order chi connectivity index (χ0) is 19.1. The van der Waals surface area contributed by atoms with Crippen LogP contribution in [0, 0.1) is 44.1 Å². The van der Waals surface area contributed by atoms with E-state index in [-0.39, 0.29) is 37.0 Å². The summed E-state index contributed by atoms with van der Waals surface area (Å²) in [4.78, 5) is 13.4. The van der Waals surface area contributed by atoms with Gasteiger partial charge in [0.05, 0.1) is 5.91 Å². The van der Waals surface area contributed by atoms with Crippen molar-refractivity contribution in [2.24, 2.45) is 0 Å². The van der Waals surface area contributed by atoms with Crippen LogP contribution in [0.3, 0.4) is 0 Å². The monoisotopic (exact) mass is 594 g/mol. The van der Waals surface area contributed by atoms with Gasteiger partial charge in [0.2, 0.25) is 0 Å². The fourth-order valence-corrected chi connectivity index (χ4v) is 3.35. The van der Waals surface area contributed by atoms with E-state index in [2.05, 4.69) is 42.5 Å². The molecule has 4 heteroatoms. The number of aromatic nitrogens is 1. The van der Waals surface area contributed by atoms with Gasteiger partial charge in [-0.15, -0.1) is 6.58 Å². The number of amides is 1. The molecule has 3 nitrogen and oxygen atoms in total. The predicted molar refractivity (Wildman–Crippen MR) is 110 cm³/mol. The van der Waals surface area contributed by atoms with Crippen molar-refractivity contribution in [1.82, 2.24) is 9.47 Å². The molecule has 3 aromatic rings. The van der Waals surface area contributed by atoms with E-state index in [4.69, 9.17) is 0 Å². The fourth-order valence-electron chi connectivity index (χ4n) is 3.35. The zero-order valence-electron chi connectivity index (χ0n) is 16.0. The molecule has 2 aromatic carbocycles. The van der Waals surface area contributed by atoms with Gasteiger partial charge < -0.3 is 21.2 Å². The zero-order valence-corrected chi connectivity index (χ0v) is 20.1. The third kappa shape index (κ3) is 5.44. The summed E-state index contributed by atoms with van der Waals surface area (Å²) < 4.78 is 2.25. The van der Waals surface area contributed by atoms with Crippen molar-refractivity contribution >= 4 is 5.91 Å². The molecule has 1 amide bonds. The summed E-state index contributed by atoms with van der Waals surface area (Å²) in [5, 5.41) is 0. The average Bonchev–Trinajstić information content (AvgIpc) is 3.08. The molecule has 1 aromatic heterocycles. The molecule has 0 N–H and O–H groups in total. The number of allylic oxidation sites excluding steroid dienone is 1. The summed E-state index contributed by atoms with van der Waals surface area (Å²) in [5.74, 6) is -0.101. The van der Waals surface area contributed by atoms with Gasteiger partial charge in [0.25, 0.3) is 0 Å². The van der Waals surface area contributed by atoms with E-state index in [0.717, 1.165) is 19.5 Å². The molecule has 140 valence electrons. The van der Waals surface area contributed by atoms with E-state index < -0.39 is 0 Å². The molecular weight excluding hydrogens is 570 g/mol. The van der Waals surface area contributed by atoms with E-state index in [1.165, 1.54) is 22.4 Å². The Morgan fingerprint density at radius 3 is 2.36 bits per heavy atom. The number of carbonyl (C=O) groups is 1. The molecule has 0 atom stereocenters. The van der Waals surface area contributed by atoms with Gasteiger partial charge >= 0.3 is 31.1 Å². The predicted octanol–water partition coefficient (Wildman–Crippen LogP) is 4.55. The van der Waals surface area contributed by atoms with Gasteiger partial charge in [0.1, 0.15) is 0 Å². The number of benzene rings is 2. The minimum atomic E-state index is -0.101. The minimum Gasteiger partial charge on any atom is -0.363 e. The molecule has 1 aliphatic rings. The van der Waals surface area contributed by atoms with Crippen LogP contribution in [0.5, 0.6) is 0 Å². The van der Waals surface area contributed by atoms with Gasteiger partial charge in [-0.05, 0) is 5.56 Å². The van der Waals surface area contributed by atoms with Crippen LogP contribution >= 0.6 is 0 Å². The van der Waals surface area contributed by atoms with E-state index in [1.807, 2.05) is 59.5 Å². The molecule has 0 bridgehead atoms. The Bertz CT molecular complexity index is 861. The third-order valence-corrected chi connectivity index (χ3v) is 4.64. The second-order valence-electron chi connectivity index (χ2n) is 6.42. The van der Waals surface area contributed by atoms with E-state index in [1.54, 1.807) is 0 Å². The van der Waals surface area contributed by atoms with Crippen molar-refractivity contribution < 1.29 is 35.9 Å².